The minimum Gasteiger partial charge on any atom is -0.305 e. The van der Waals surface area contributed by atoms with Crippen molar-refractivity contribution in [3.8, 4) is 11.8 Å². The quantitative estimate of drug-likeness (QED) is 0.428. The predicted molar refractivity (Wildman–Crippen MR) is 110 cm³/mol. The summed E-state index contributed by atoms with van der Waals surface area (Å²) in [6, 6.07) is 5.83. The summed E-state index contributed by atoms with van der Waals surface area (Å²) in [7, 11) is 0. The Morgan fingerprint density at radius 3 is 2.47 bits per heavy atom. The molecule has 3 aromatic rings. The van der Waals surface area contributed by atoms with Gasteiger partial charge in [-0.25, -0.2) is 4.39 Å². The third kappa shape index (κ3) is 3.96. The largest absolute Gasteiger partial charge is 0.416 e. The molecule has 0 aliphatic carbocycles. The predicted octanol–water partition coefficient (Wildman–Crippen LogP) is 4.70. The number of benzene rings is 1. The van der Waals surface area contributed by atoms with Crippen molar-refractivity contribution in [2.24, 2.45) is 0 Å². The van der Waals surface area contributed by atoms with E-state index in [1.807, 2.05) is 6.92 Å². The summed E-state index contributed by atoms with van der Waals surface area (Å²) in [6.07, 6.45) is -1.52. The Hall–Kier alpha value is -3.67. The summed E-state index contributed by atoms with van der Waals surface area (Å²) in [5, 5.41) is 4.26. The second-order valence-electron chi connectivity index (χ2n) is 7.53. The number of amides is 1. The van der Waals surface area contributed by atoms with Crippen LogP contribution in [0.25, 0.3) is 0 Å². The van der Waals surface area contributed by atoms with Gasteiger partial charge in [-0.2, -0.15) is 18.3 Å². The minimum atomic E-state index is -4.46. The van der Waals surface area contributed by atoms with Crippen molar-refractivity contribution in [1.82, 2.24) is 14.8 Å². The van der Waals surface area contributed by atoms with Crippen molar-refractivity contribution in [3.05, 3.63) is 76.4 Å². The summed E-state index contributed by atoms with van der Waals surface area (Å²) in [5.41, 5.74) is 1.63. The van der Waals surface area contributed by atoms with Gasteiger partial charge in [0.2, 0.25) is 0 Å². The molecule has 1 aliphatic rings. The van der Waals surface area contributed by atoms with Gasteiger partial charge in [-0.1, -0.05) is 11.8 Å². The first-order chi connectivity index (χ1) is 15.2. The van der Waals surface area contributed by atoms with Crippen molar-refractivity contribution in [2.75, 3.05) is 11.4 Å². The van der Waals surface area contributed by atoms with Crippen LogP contribution in [0.3, 0.4) is 0 Å². The Bertz CT molecular complexity index is 1240. The zero-order valence-corrected chi connectivity index (χ0v) is 17.2. The van der Waals surface area contributed by atoms with Gasteiger partial charge < -0.3 is 4.90 Å². The molecule has 1 atom stereocenters. The van der Waals surface area contributed by atoms with Gasteiger partial charge in [-0.05, 0) is 44.2 Å². The molecule has 4 rings (SSSR count). The van der Waals surface area contributed by atoms with E-state index in [9.17, 15) is 22.4 Å². The van der Waals surface area contributed by atoms with Crippen LogP contribution in [0, 0.1) is 18.8 Å². The van der Waals surface area contributed by atoms with E-state index < -0.39 is 24.3 Å². The number of pyridine rings is 1. The summed E-state index contributed by atoms with van der Waals surface area (Å²) in [5.74, 6) is 5.32. The highest BCUT2D eigenvalue weighted by Gasteiger charge is 2.34. The fraction of sp³-hybridized carbons (Fsp3) is 0.261. The molecule has 9 heteroatoms. The van der Waals surface area contributed by atoms with E-state index in [1.54, 1.807) is 17.7 Å². The maximum Gasteiger partial charge on any atom is 0.416 e. The lowest BCUT2D eigenvalue weighted by molar-refractivity contribution is -0.137. The summed E-state index contributed by atoms with van der Waals surface area (Å²) in [6.45, 7) is 3.15. The van der Waals surface area contributed by atoms with Gasteiger partial charge in [-0.15, -0.1) is 0 Å². The van der Waals surface area contributed by atoms with Gasteiger partial charge in [-0.3, -0.25) is 14.5 Å². The van der Waals surface area contributed by atoms with Gasteiger partial charge in [0.1, 0.15) is 12.4 Å². The number of hydrogen-bond acceptors (Lipinski definition) is 3. The van der Waals surface area contributed by atoms with Crippen molar-refractivity contribution in [1.29, 1.82) is 0 Å². The number of halogens is 4. The van der Waals surface area contributed by atoms with Crippen LogP contribution >= 0.6 is 0 Å². The molecule has 0 radical (unpaired) electrons. The molecular weight excluding hydrogens is 423 g/mol. The van der Waals surface area contributed by atoms with E-state index in [4.69, 9.17) is 0 Å². The maximum absolute atomic E-state index is 13.3. The molecule has 1 amide bonds. The van der Waals surface area contributed by atoms with Crippen molar-refractivity contribution < 1.29 is 22.4 Å². The number of fused-ring (bicyclic) bond motifs is 1. The molecule has 0 fully saturated rings. The Kier molecular flexibility index (Phi) is 5.46. The fourth-order valence-electron chi connectivity index (χ4n) is 3.58. The SMILES string of the molecule is Cc1cc(C[18F])c(C#Cc2cnn3c2C(=O)N(c2ccc(C(F)(F)F)cc2)C[C@@H]3C)cn1. The summed E-state index contributed by atoms with van der Waals surface area (Å²) >= 11 is 0. The number of carbonyl (C=O) groups excluding carboxylic acids is 1. The minimum absolute atomic E-state index is 0.219. The van der Waals surface area contributed by atoms with Crippen LogP contribution in [-0.2, 0) is 12.9 Å². The first-order valence-corrected chi connectivity index (χ1v) is 9.79. The number of rotatable bonds is 2. The second-order valence-corrected chi connectivity index (χ2v) is 7.53. The lowest BCUT2D eigenvalue weighted by atomic mass is 10.1. The molecule has 1 aromatic carbocycles. The average Bonchev–Trinajstić information content (AvgIpc) is 3.20. The van der Waals surface area contributed by atoms with Crippen LogP contribution < -0.4 is 4.90 Å². The Labute approximate surface area is 181 Å². The Morgan fingerprint density at radius 1 is 1.12 bits per heavy atom. The van der Waals surface area contributed by atoms with Crippen LogP contribution in [0.5, 0.6) is 0 Å². The number of alkyl halides is 4. The third-order valence-corrected chi connectivity index (χ3v) is 5.22. The maximum atomic E-state index is 13.3. The van der Waals surface area contributed by atoms with E-state index in [0.717, 1.165) is 12.1 Å². The second kappa shape index (κ2) is 8.11. The number of anilines is 1. The first-order valence-electron chi connectivity index (χ1n) is 9.79. The fourth-order valence-corrected chi connectivity index (χ4v) is 3.58. The third-order valence-electron chi connectivity index (χ3n) is 5.22. The topological polar surface area (TPSA) is 51.0 Å². The molecule has 0 spiro atoms. The van der Waals surface area contributed by atoms with E-state index in [1.165, 1.54) is 29.4 Å². The van der Waals surface area contributed by atoms with Crippen molar-refractivity contribution in [2.45, 2.75) is 32.7 Å². The van der Waals surface area contributed by atoms with Crippen molar-refractivity contribution in [3.63, 3.8) is 0 Å². The molecule has 164 valence electrons. The molecule has 0 unspecified atom stereocenters. The Balaban J connectivity index is 1.69. The van der Waals surface area contributed by atoms with E-state index in [2.05, 4.69) is 21.9 Å². The van der Waals surface area contributed by atoms with E-state index >= 15 is 0 Å². The monoisotopic (exact) mass is 441 g/mol. The van der Waals surface area contributed by atoms with Crippen molar-refractivity contribution >= 4 is 11.6 Å². The molecular formula is C23H18F4N4O. The van der Waals surface area contributed by atoms with Crippen LogP contribution in [-0.4, -0.2) is 27.2 Å². The zero-order valence-electron chi connectivity index (χ0n) is 17.2. The molecule has 2 aromatic heterocycles. The van der Waals surface area contributed by atoms with Gasteiger partial charge in [0.05, 0.1) is 23.4 Å². The van der Waals surface area contributed by atoms with E-state index in [-0.39, 0.29) is 18.3 Å². The van der Waals surface area contributed by atoms with Gasteiger partial charge in [0, 0.05) is 35.2 Å². The molecule has 1 aliphatic heterocycles. The molecule has 0 bridgehead atoms. The Morgan fingerprint density at radius 2 is 1.81 bits per heavy atom. The van der Waals surface area contributed by atoms with Crippen LogP contribution in [0.15, 0.2) is 42.7 Å². The van der Waals surface area contributed by atoms with E-state index in [0.29, 0.717) is 28.1 Å². The highest BCUT2D eigenvalue weighted by atomic mass is 19.4. The zero-order chi connectivity index (χ0) is 23.0. The molecule has 0 N–H and O–H groups in total. The number of aromatic nitrogens is 3. The summed E-state index contributed by atoms with van der Waals surface area (Å²) in [4.78, 5) is 18.8. The lowest BCUT2D eigenvalue weighted by Gasteiger charge is -2.32. The van der Waals surface area contributed by atoms with Crippen LogP contribution in [0.4, 0.5) is 23.2 Å². The molecule has 5 nitrogen and oxygen atoms in total. The van der Waals surface area contributed by atoms with Gasteiger partial charge in [0.25, 0.3) is 5.91 Å². The molecule has 0 saturated heterocycles. The van der Waals surface area contributed by atoms with Gasteiger partial charge >= 0.3 is 6.18 Å². The number of nitrogens with zero attached hydrogens (tertiary/aromatic N) is 4. The molecule has 0 saturated carbocycles. The first kappa shape index (κ1) is 21.6. The number of aryl methyl sites for hydroxylation is 1. The molecule has 32 heavy (non-hydrogen) atoms. The van der Waals surface area contributed by atoms with Gasteiger partial charge in [0.15, 0.2) is 0 Å². The summed E-state index contributed by atoms with van der Waals surface area (Å²) < 4.78 is 53.5. The van der Waals surface area contributed by atoms with Crippen LogP contribution in [0.2, 0.25) is 0 Å². The standard InChI is InChI=1S/C23H18F4N4O/c1-14-9-18(10-24)16(11-28-14)3-4-17-12-29-31-15(2)13-30(22(32)21(17)31)20-7-5-19(6-8-20)23(25,26)27/h5-9,11-12,15H,10,13H2,1-2H3/t15-/m0/s1/i24-1. The smallest absolute Gasteiger partial charge is 0.305 e. The number of hydrogen-bond donors (Lipinski definition) is 0. The average molecular weight is 441 g/mol. The molecule has 3 heterocycles. The highest BCUT2D eigenvalue weighted by Crippen LogP contribution is 2.32. The lowest BCUT2D eigenvalue weighted by Crippen LogP contribution is -2.43. The van der Waals surface area contributed by atoms with Crippen LogP contribution in [0.1, 0.15) is 51.4 Å². The number of carbonyl (C=O) groups is 1. The normalized spacial score (nSPS) is 15.9. The highest BCUT2D eigenvalue weighted by molar-refractivity contribution is 6.07.